The second kappa shape index (κ2) is 4.94. The van der Waals surface area contributed by atoms with Gasteiger partial charge in [-0.3, -0.25) is 0 Å². The van der Waals surface area contributed by atoms with Gasteiger partial charge in [0.05, 0.1) is 11.9 Å². The molecule has 3 nitrogen and oxygen atoms in total. The summed E-state index contributed by atoms with van der Waals surface area (Å²) in [5.74, 6) is 0. The van der Waals surface area contributed by atoms with Crippen molar-refractivity contribution in [1.82, 2.24) is 10.3 Å². The summed E-state index contributed by atoms with van der Waals surface area (Å²) >= 11 is 0. The largest absolute Gasteiger partial charge is 0.305 e. The molecule has 1 aromatic carbocycles. The fraction of sp³-hybridized carbons (Fsp3) is 0.308. The summed E-state index contributed by atoms with van der Waals surface area (Å²) in [4.78, 5) is 2.16. The fourth-order valence-electron chi connectivity index (χ4n) is 1.69. The molecule has 0 aliphatic carbocycles. The highest BCUT2D eigenvalue weighted by Gasteiger charge is 2.03. The molecule has 0 N–H and O–H groups in total. The van der Waals surface area contributed by atoms with Gasteiger partial charge >= 0.3 is 0 Å². The van der Waals surface area contributed by atoms with Crippen molar-refractivity contribution in [2.75, 3.05) is 14.1 Å². The number of benzene rings is 1. The van der Waals surface area contributed by atoms with E-state index in [2.05, 4.69) is 53.8 Å². The van der Waals surface area contributed by atoms with E-state index in [1.54, 1.807) is 6.21 Å². The number of rotatable bonds is 4. The highest BCUT2D eigenvalue weighted by Crippen LogP contribution is 2.11. The zero-order chi connectivity index (χ0) is 11.4. The predicted octanol–water partition coefficient (Wildman–Crippen LogP) is 1.78. The van der Waals surface area contributed by atoms with Crippen molar-refractivity contribution in [3.63, 3.8) is 0 Å². The molecule has 3 heteroatoms. The monoisotopic (exact) mass is 214 g/mol. The Hall–Kier alpha value is -1.61. The van der Waals surface area contributed by atoms with Gasteiger partial charge in [0, 0.05) is 13.0 Å². The van der Waals surface area contributed by atoms with E-state index in [4.69, 9.17) is 0 Å². The summed E-state index contributed by atoms with van der Waals surface area (Å²) in [6, 6.07) is 8.67. The van der Waals surface area contributed by atoms with E-state index in [1.807, 2.05) is 6.08 Å². The second-order valence-electron chi connectivity index (χ2n) is 4.25. The van der Waals surface area contributed by atoms with Gasteiger partial charge in [0.1, 0.15) is 0 Å². The van der Waals surface area contributed by atoms with Gasteiger partial charge in [-0.25, -0.2) is 0 Å². The minimum Gasteiger partial charge on any atom is -0.305 e. The third-order valence-corrected chi connectivity index (χ3v) is 2.43. The van der Waals surface area contributed by atoms with Gasteiger partial charge in [-0.1, -0.05) is 24.3 Å². The van der Waals surface area contributed by atoms with Crippen LogP contribution in [0.2, 0.25) is 0 Å². The first kappa shape index (κ1) is 10.9. The minimum absolute atomic E-state index is 0.863. The van der Waals surface area contributed by atoms with Crippen LogP contribution in [0.25, 0.3) is 0 Å². The SMILES string of the molecule is CN(C)Cc1ccc(CC2=CC=N[N]2)cc1. The summed E-state index contributed by atoms with van der Waals surface area (Å²) in [7, 11) is 4.15. The van der Waals surface area contributed by atoms with Crippen molar-refractivity contribution >= 4 is 6.21 Å². The van der Waals surface area contributed by atoms with Gasteiger partial charge in [-0.05, 0) is 31.3 Å². The Bertz CT molecular complexity index is 402. The molecule has 0 atom stereocenters. The Morgan fingerprint density at radius 3 is 2.31 bits per heavy atom. The van der Waals surface area contributed by atoms with Crippen LogP contribution in [0.4, 0.5) is 0 Å². The number of hydrogen-bond donors (Lipinski definition) is 0. The average Bonchev–Trinajstić information content (AvgIpc) is 2.73. The molecular formula is C13H16N3. The number of nitrogens with zero attached hydrogens (tertiary/aromatic N) is 3. The molecular weight excluding hydrogens is 198 g/mol. The quantitative estimate of drug-likeness (QED) is 0.751. The summed E-state index contributed by atoms with van der Waals surface area (Å²) in [5.41, 5.74) is 7.67. The van der Waals surface area contributed by atoms with Crippen LogP contribution >= 0.6 is 0 Å². The van der Waals surface area contributed by atoms with Gasteiger partial charge in [0.25, 0.3) is 0 Å². The molecule has 0 amide bonds. The van der Waals surface area contributed by atoms with E-state index in [-0.39, 0.29) is 0 Å². The third kappa shape index (κ3) is 2.94. The van der Waals surface area contributed by atoms with E-state index in [1.165, 1.54) is 11.1 Å². The Morgan fingerprint density at radius 2 is 1.75 bits per heavy atom. The molecule has 0 bridgehead atoms. The molecule has 1 aliphatic heterocycles. The average molecular weight is 214 g/mol. The molecule has 0 unspecified atom stereocenters. The molecule has 2 rings (SSSR count). The molecule has 1 radical (unpaired) electrons. The molecule has 1 aliphatic rings. The van der Waals surface area contributed by atoms with Gasteiger partial charge in [0.15, 0.2) is 0 Å². The first-order valence-corrected chi connectivity index (χ1v) is 5.40. The summed E-state index contributed by atoms with van der Waals surface area (Å²) in [5, 5.41) is 3.82. The fourth-order valence-corrected chi connectivity index (χ4v) is 1.69. The van der Waals surface area contributed by atoms with Crippen LogP contribution in [0.3, 0.4) is 0 Å². The zero-order valence-corrected chi connectivity index (χ0v) is 9.72. The molecule has 0 aromatic heterocycles. The number of hydrogen-bond acceptors (Lipinski definition) is 2. The van der Waals surface area contributed by atoms with Crippen LogP contribution < -0.4 is 5.43 Å². The van der Waals surface area contributed by atoms with Crippen LogP contribution in [0.1, 0.15) is 11.1 Å². The second-order valence-corrected chi connectivity index (χ2v) is 4.25. The van der Waals surface area contributed by atoms with Crippen LogP contribution in [-0.2, 0) is 13.0 Å². The lowest BCUT2D eigenvalue weighted by Gasteiger charge is -2.10. The first-order chi connectivity index (χ1) is 7.74. The molecule has 83 valence electrons. The van der Waals surface area contributed by atoms with E-state index in [0.29, 0.717) is 0 Å². The Labute approximate surface area is 96.5 Å². The van der Waals surface area contributed by atoms with Crippen LogP contribution in [0, 0.1) is 0 Å². The van der Waals surface area contributed by atoms with Crippen molar-refractivity contribution in [1.29, 1.82) is 0 Å². The van der Waals surface area contributed by atoms with Crippen molar-refractivity contribution in [3.05, 3.63) is 47.2 Å². The zero-order valence-electron chi connectivity index (χ0n) is 9.72. The van der Waals surface area contributed by atoms with Gasteiger partial charge < -0.3 is 4.90 Å². The van der Waals surface area contributed by atoms with Crippen molar-refractivity contribution < 1.29 is 0 Å². The molecule has 1 aromatic rings. The highest BCUT2D eigenvalue weighted by atomic mass is 15.3. The van der Waals surface area contributed by atoms with Crippen LogP contribution in [0.15, 0.2) is 41.1 Å². The molecule has 0 spiro atoms. The van der Waals surface area contributed by atoms with Gasteiger partial charge in [-0.15, -0.1) is 0 Å². The first-order valence-electron chi connectivity index (χ1n) is 5.40. The molecule has 1 heterocycles. The predicted molar refractivity (Wildman–Crippen MR) is 66.2 cm³/mol. The van der Waals surface area contributed by atoms with Crippen molar-refractivity contribution in [2.45, 2.75) is 13.0 Å². The van der Waals surface area contributed by atoms with E-state index < -0.39 is 0 Å². The van der Waals surface area contributed by atoms with Crippen molar-refractivity contribution in [2.24, 2.45) is 5.10 Å². The van der Waals surface area contributed by atoms with Gasteiger partial charge in [0.2, 0.25) is 0 Å². The molecule has 0 saturated heterocycles. The molecule has 0 saturated carbocycles. The lowest BCUT2D eigenvalue weighted by molar-refractivity contribution is 0.402. The summed E-state index contributed by atoms with van der Waals surface area (Å²) in [6.45, 7) is 0.983. The maximum absolute atomic E-state index is 4.02. The van der Waals surface area contributed by atoms with E-state index in [0.717, 1.165) is 18.7 Å². The van der Waals surface area contributed by atoms with Crippen LogP contribution in [0.5, 0.6) is 0 Å². The van der Waals surface area contributed by atoms with Crippen LogP contribution in [-0.4, -0.2) is 25.2 Å². The Kier molecular flexibility index (Phi) is 3.37. The Morgan fingerprint density at radius 1 is 1.06 bits per heavy atom. The normalized spacial score (nSPS) is 14.1. The lowest BCUT2D eigenvalue weighted by atomic mass is 10.1. The standard InChI is InChI=1S/C13H16N3/c1-16(2)10-12-5-3-11(4-6-12)9-13-7-8-14-15-13/h3-8H,9-10H2,1-2H3. The van der Waals surface area contributed by atoms with E-state index >= 15 is 0 Å². The number of allylic oxidation sites excluding steroid dienone is 2. The maximum atomic E-state index is 4.02. The smallest absolute Gasteiger partial charge is 0.0690 e. The maximum Gasteiger partial charge on any atom is 0.0690 e. The molecule has 0 fully saturated rings. The summed E-state index contributed by atoms with van der Waals surface area (Å²) in [6.07, 6.45) is 4.55. The van der Waals surface area contributed by atoms with E-state index in [9.17, 15) is 0 Å². The topological polar surface area (TPSA) is 29.7 Å². The van der Waals surface area contributed by atoms with Crippen molar-refractivity contribution in [3.8, 4) is 0 Å². The van der Waals surface area contributed by atoms with Gasteiger partial charge in [-0.2, -0.15) is 10.5 Å². The molecule has 16 heavy (non-hydrogen) atoms. The Balaban J connectivity index is 1.96. The third-order valence-electron chi connectivity index (χ3n) is 2.43. The minimum atomic E-state index is 0.863. The lowest BCUT2D eigenvalue weighted by Crippen LogP contribution is -2.10. The summed E-state index contributed by atoms with van der Waals surface area (Å²) < 4.78 is 0. The highest BCUT2D eigenvalue weighted by molar-refractivity contribution is 5.74.